The number of alkyl halides is 3. The van der Waals surface area contributed by atoms with Gasteiger partial charge in [-0.1, -0.05) is 48.0 Å². The van der Waals surface area contributed by atoms with Crippen molar-refractivity contribution in [2.45, 2.75) is 46.0 Å². The van der Waals surface area contributed by atoms with Gasteiger partial charge in [0.2, 0.25) is 0 Å². The van der Waals surface area contributed by atoms with Crippen LogP contribution in [0.3, 0.4) is 0 Å². The number of nitrogens with one attached hydrogen (secondary N) is 2. The first-order valence-corrected chi connectivity index (χ1v) is 14.1. The SMILES string of the molecule is Cc1cc(C)c(NC(=O)c2cc(Cn3nnc(CCC(F)(F)F)n3)nn2-c2ncccc2Cl)c(C(=O)NCc2ccccc2)c1. The number of aryl methyl sites for hydroxylation is 3. The Labute approximate surface area is 260 Å². The molecule has 5 rings (SSSR count). The number of hydrogen-bond donors (Lipinski definition) is 2. The van der Waals surface area contributed by atoms with Crippen molar-refractivity contribution in [2.75, 3.05) is 5.32 Å². The number of carbonyl (C=O) groups excluding carboxylic acids is 2. The van der Waals surface area contributed by atoms with Gasteiger partial charge in [0.05, 0.1) is 28.4 Å². The van der Waals surface area contributed by atoms with Gasteiger partial charge in [0.1, 0.15) is 12.2 Å². The lowest BCUT2D eigenvalue weighted by Crippen LogP contribution is -2.26. The van der Waals surface area contributed by atoms with Crippen LogP contribution in [0.15, 0.2) is 66.9 Å². The van der Waals surface area contributed by atoms with Gasteiger partial charge in [-0.2, -0.15) is 23.1 Å². The van der Waals surface area contributed by atoms with Crippen LogP contribution in [-0.2, 0) is 19.5 Å². The second-order valence-corrected chi connectivity index (χ2v) is 10.6. The fourth-order valence-electron chi connectivity index (χ4n) is 4.57. The van der Waals surface area contributed by atoms with E-state index in [0.717, 1.165) is 15.9 Å². The number of nitrogens with zero attached hydrogens (tertiary/aromatic N) is 7. The summed E-state index contributed by atoms with van der Waals surface area (Å²) < 4.78 is 39.1. The minimum atomic E-state index is -4.35. The number of carbonyl (C=O) groups is 2. The molecule has 0 saturated carbocycles. The highest BCUT2D eigenvalue weighted by Crippen LogP contribution is 2.26. The summed E-state index contributed by atoms with van der Waals surface area (Å²) in [5, 5.41) is 21.9. The number of hydrogen-bond acceptors (Lipinski definition) is 7. The maximum absolute atomic E-state index is 13.8. The molecule has 0 aliphatic rings. The van der Waals surface area contributed by atoms with Crippen molar-refractivity contribution >= 4 is 29.1 Å². The van der Waals surface area contributed by atoms with E-state index in [1.54, 1.807) is 25.1 Å². The van der Waals surface area contributed by atoms with Crippen LogP contribution in [-0.4, -0.2) is 53.0 Å². The summed E-state index contributed by atoms with van der Waals surface area (Å²) >= 11 is 6.39. The minimum absolute atomic E-state index is 0.0265. The largest absolute Gasteiger partial charge is 0.389 e. The Morgan fingerprint density at radius 3 is 2.49 bits per heavy atom. The van der Waals surface area contributed by atoms with Crippen molar-refractivity contribution in [1.29, 1.82) is 0 Å². The second-order valence-electron chi connectivity index (χ2n) is 10.2. The molecule has 2 N–H and O–H groups in total. The van der Waals surface area contributed by atoms with E-state index in [2.05, 4.69) is 36.1 Å². The maximum Gasteiger partial charge on any atom is 0.389 e. The average Bonchev–Trinajstić information content (AvgIpc) is 3.63. The Balaban J connectivity index is 1.43. The Bertz CT molecular complexity index is 1840. The molecule has 0 aliphatic carbocycles. The first-order chi connectivity index (χ1) is 21.5. The van der Waals surface area contributed by atoms with Gasteiger partial charge >= 0.3 is 6.18 Å². The van der Waals surface area contributed by atoms with Gasteiger partial charge in [-0.3, -0.25) is 9.59 Å². The molecule has 3 aromatic heterocycles. The van der Waals surface area contributed by atoms with Crippen molar-refractivity contribution < 1.29 is 22.8 Å². The third-order valence-electron chi connectivity index (χ3n) is 6.62. The number of tetrazole rings is 1. The van der Waals surface area contributed by atoms with Crippen LogP contribution in [0.5, 0.6) is 0 Å². The molecule has 0 aliphatic heterocycles. The molecule has 11 nitrogen and oxygen atoms in total. The lowest BCUT2D eigenvalue weighted by Gasteiger charge is -2.16. The topological polar surface area (TPSA) is 133 Å². The van der Waals surface area contributed by atoms with E-state index in [4.69, 9.17) is 11.6 Å². The highest BCUT2D eigenvalue weighted by atomic mass is 35.5. The van der Waals surface area contributed by atoms with Crippen molar-refractivity contribution in [3.63, 3.8) is 0 Å². The number of halogens is 4. The number of amides is 2. The Kier molecular flexibility index (Phi) is 9.23. The van der Waals surface area contributed by atoms with Gasteiger partial charge in [-0.05, 0) is 60.0 Å². The zero-order valence-corrected chi connectivity index (χ0v) is 24.9. The number of aromatic nitrogens is 7. The van der Waals surface area contributed by atoms with E-state index in [-0.39, 0.29) is 46.1 Å². The molecule has 15 heteroatoms. The number of benzene rings is 2. The van der Waals surface area contributed by atoms with Crippen LogP contribution in [0.1, 0.15) is 55.5 Å². The molecule has 45 heavy (non-hydrogen) atoms. The smallest absolute Gasteiger partial charge is 0.348 e. The molecule has 0 atom stereocenters. The van der Waals surface area contributed by atoms with Crippen molar-refractivity contribution in [3.8, 4) is 5.82 Å². The van der Waals surface area contributed by atoms with Crippen LogP contribution in [0, 0.1) is 13.8 Å². The van der Waals surface area contributed by atoms with Gasteiger partial charge in [-0.15, -0.1) is 10.2 Å². The summed E-state index contributed by atoms with van der Waals surface area (Å²) in [5.74, 6) is -0.904. The molecule has 0 fully saturated rings. The molecule has 2 aromatic carbocycles. The quantitative estimate of drug-likeness (QED) is 0.214. The Morgan fingerprint density at radius 1 is 0.978 bits per heavy atom. The van der Waals surface area contributed by atoms with Crippen LogP contribution >= 0.6 is 11.6 Å². The van der Waals surface area contributed by atoms with E-state index in [9.17, 15) is 22.8 Å². The second kappa shape index (κ2) is 13.3. The van der Waals surface area contributed by atoms with Crippen LogP contribution in [0.25, 0.3) is 5.82 Å². The van der Waals surface area contributed by atoms with Crippen LogP contribution in [0.4, 0.5) is 18.9 Å². The first-order valence-electron chi connectivity index (χ1n) is 13.7. The molecule has 0 bridgehead atoms. The van der Waals surface area contributed by atoms with Gasteiger partial charge in [-0.25, -0.2) is 9.67 Å². The van der Waals surface area contributed by atoms with E-state index in [1.165, 1.54) is 16.9 Å². The number of rotatable bonds is 10. The van der Waals surface area contributed by atoms with Crippen LogP contribution < -0.4 is 10.6 Å². The van der Waals surface area contributed by atoms with Crippen molar-refractivity contribution in [3.05, 3.63) is 111 Å². The predicted molar refractivity (Wildman–Crippen MR) is 159 cm³/mol. The lowest BCUT2D eigenvalue weighted by atomic mass is 10.0. The van der Waals surface area contributed by atoms with Crippen molar-refractivity contribution in [1.82, 2.24) is 40.3 Å². The molecular formula is C30H27ClF3N9O2. The Hall–Kier alpha value is -5.11. The van der Waals surface area contributed by atoms with Gasteiger partial charge in [0.15, 0.2) is 11.6 Å². The fourth-order valence-corrected chi connectivity index (χ4v) is 4.77. The molecule has 2 amide bonds. The van der Waals surface area contributed by atoms with E-state index in [0.29, 0.717) is 17.8 Å². The Morgan fingerprint density at radius 2 is 1.76 bits per heavy atom. The summed E-state index contributed by atoms with van der Waals surface area (Å²) in [4.78, 5) is 32.5. The number of pyridine rings is 1. The molecule has 5 aromatic rings. The third kappa shape index (κ3) is 7.89. The standard InChI is InChI=1S/C30H27ClF3N9O2/c1-18-13-19(2)26(22(14-18)28(44)36-16-20-7-4-3-5-8-20)37-29(45)24-15-21(39-43(24)27-23(31)9-6-12-35-27)17-42-40-25(38-41-42)10-11-30(32,33)34/h3-9,12-15H,10-11,16-17H2,1-2H3,(H,36,44)(H,37,45). The molecule has 0 saturated heterocycles. The molecule has 232 valence electrons. The molecule has 0 spiro atoms. The van der Waals surface area contributed by atoms with Gasteiger partial charge in [0, 0.05) is 19.2 Å². The van der Waals surface area contributed by atoms with Crippen molar-refractivity contribution in [2.24, 2.45) is 0 Å². The van der Waals surface area contributed by atoms with E-state index in [1.807, 2.05) is 43.3 Å². The van der Waals surface area contributed by atoms with Gasteiger partial charge < -0.3 is 10.6 Å². The first kappa shape index (κ1) is 31.3. The molecular weight excluding hydrogens is 611 g/mol. The summed E-state index contributed by atoms with van der Waals surface area (Å²) in [6.45, 7) is 3.82. The summed E-state index contributed by atoms with van der Waals surface area (Å²) in [5.41, 5.74) is 3.30. The maximum atomic E-state index is 13.8. The zero-order valence-electron chi connectivity index (χ0n) is 24.1. The lowest BCUT2D eigenvalue weighted by molar-refractivity contribution is -0.134. The zero-order chi connectivity index (χ0) is 32.1. The number of anilines is 1. The monoisotopic (exact) mass is 637 g/mol. The summed E-state index contributed by atoms with van der Waals surface area (Å²) in [7, 11) is 0. The molecule has 0 unspecified atom stereocenters. The normalized spacial score (nSPS) is 11.4. The highest BCUT2D eigenvalue weighted by molar-refractivity contribution is 6.32. The molecule has 0 radical (unpaired) electrons. The highest BCUT2D eigenvalue weighted by Gasteiger charge is 2.28. The summed E-state index contributed by atoms with van der Waals surface area (Å²) in [6.07, 6.45) is -4.38. The van der Waals surface area contributed by atoms with E-state index < -0.39 is 24.9 Å². The minimum Gasteiger partial charge on any atom is -0.348 e. The fraction of sp³-hybridized carbons (Fsp3) is 0.233. The predicted octanol–water partition coefficient (Wildman–Crippen LogP) is 5.25. The third-order valence-corrected chi connectivity index (χ3v) is 6.92. The summed E-state index contributed by atoms with van der Waals surface area (Å²) in [6, 6.07) is 17.6. The molecule has 3 heterocycles. The van der Waals surface area contributed by atoms with Crippen LogP contribution in [0.2, 0.25) is 5.02 Å². The van der Waals surface area contributed by atoms with Gasteiger partial charge in [0.25, 0.3) is 11.8 Å². The van der Waals surface area contributed by atoms with E-state index >= 15 is 0 Å². The average molecular weight is 638 g/mol.